The normalized spacial score (nSPS) is 12.1. The van der Waals surface area contributed by atoms with E-state index in [9.17, 15) is 9.90 Å². The third-order valence-corrected chi connectivity index (χ3v) is 3.37. The van der Waals surface area contributed by atoms with Crippen LogP contribution in [0.4, 0.5) is 0 Å². The van der Waals surface area contributed by atoms with Gasteiger partial charge in [-0.3, -0.25) is 4.79 Å². The van der Waals surface area contributed by atoms with Crippen LogP contribution in [-0.2, 0) is 17.6 Å². The summed E-state index contributed by atoms with van der Waals surface area (Å²) in [4.78, 5) is 11.9. The molecule has 0 aliphatic rings. The Hall–Kier alpha value is -1.93. The summed E-state index contributed by atoms with van der Waals surface area (Å²) in [5, 5.41) is 9.92. The summed E-state index contributed by atoms with van der Waals surface area (Å²) in [6, 6.07) is 19.7. The van der Waals surface area contributed by atoms with Gasteiger partial charge in [-0.15, -0.1) is 0 Å². The summed E-state index contributed by atoms with van der Waals surface area (Å²) in [5.41, 5.74) is 2.23. The van der Waals surface area contributed by atoms with Crippen molar-refractivity contribution in [3.8, 4) is 0 Å². The van der Waals surface area contributed by atoms with E-state index in [0.29, 0.717) is 12.8 Å². The number of hydrogen-bond donors (Lipinski definition) is 1. The van der Waals surface area contributed by atoms with Crippen molar-refractivity contribution >= 4 is 5.78 Å². The number of aliphatic hydroxyl groups is 1. The van der Waals surface area contributed by atoms with Crippen molar-refractivity contribution in [3.63, 3.8) is 0 Å². The largest absolute Gasteiger partial charge is 0.385 e. The van der Waals surface area contributed by atoms with E-state index in [-0.39, 0.29) is 5.78 Å². The highest BCUT2D eigenvalue weighted by Crippen LogP contribution is 2.09. The van der Waals surface area contributed by atoms with Crippen LogP contribution >= 0.6 is 0 Å². The Morgan fingerprint density at radius 3 is 2.05 bits per heavy atom. The molecule has 0 aliphatic carbocycles. The molecule has 0 spiro atoms. The SMILES string of the molecule is O=C(CCCc1ccccc1)C(O)Cc1ccccc1. The minimum Gasteiger partial charge on any atom is -0.385 e. The first-order chi connectivity index (χ1) is 9.75. The van der Waals surface area contributed by atoms with Gasteiger partial charge in [0.2, 0.25) is 0 Å². The number of benzene rings is 2. The molecule has 0 radical (unpaired) electrons. The van der Waals surface area contributed by atoms with E-state index in [4.69, 9.17) is 0 Å². The lowest BCUT2D eigenvalue weighted by atomic mass is 10.00. The van der Waals surface area contributed by atoms with Crippen molar-refractivity contribution in [1.29, 1.82) is 0 Å². The van der Waals surface area contributed by atoms with Gasteiger partial charge in [0.1, 0.15) is 6.10 Å². The molecule has 2 aromatic rings. The molecule has 0 amide bonds. The fourth-order valence-electron chi connectivity index (χ4n) is 2.23. The van der Waals surface area contributed by atoms with E-state index in [1.807, 2.05) is 48.5 Å². The summed E-state index contributed by atoms with van der Waals surface area (Å²) >= 11 is 0. The predicted molar refractivity (Wildman–Crippen MR) is 80.5 cm³/mol. The second kappa shape index (κ2) is 7.61. The molecule has 20 heavy (non-hydrogen) atoms. The van der Waals surface area contributed by atoms with Crippen LogP contribution in [0.5, 0.6) is 0 Å². The maximum Gasteiger partial charge on any atom is 0.161 e. The van der Waals surface area contributed by atoms with Gasteiger partial charge in [0, 0.05) is 12.8 Å². The number of aryl methyl sites for hydroxylation is 1. The van der Waals surface area contributed by atoms with E-state index >= 15 is 0 Å². The average Bonchev–Trinajstić information content (AvgIpc) is 2.49. The Bertz CT molecular complexity index is 520. The number of Topliss-reactive ketones (excluding diaryl/α,β-unsaturated/α-hetero) is 1. The molecule has 0 fully saturated rings. The van der Waals surface area contributed by atoms with Gasteiger partial charge in [-0.25, -0.2) is 0 Å². The van der Waals surface area contributed by atoms with Crippen molar-refractivity contribution in [2.24, 2.45) is 0 Å². The van der Waals surface area contributed by atoms with Gasteiger partial charge in [-0.05, 0) is 24.0 Å². The number of carbonyl (C=O) groups is 1. The summed E-state index contributed by atoms with van der Waals surface area (Å²) < 4.78 is 0. The molecule has 2 aromatic carbocycles. The van der Waals surface area contributed by atoms with Gasteiger partial charge in [-0.1, -0.05) is 60.7 Å². The Morgan fingerprint density at radius 2 is 1.45 bits per heavy atom. The monoisotopic (exact) mass is 268 g/mol. The highest BCUT2D eigenvalue weighted by Gasteiger charge is 2.14. The van der Waals surface area contributed by atoms with Crippen LogP contribution in [0.15, 0.2) is 60.7 Å². The van der Waals surface area contributed by atoms with E-state index in [1.54, 1.807) is 0 Å². The van der Waals surface area contributed by atoms with E-state index in [2.05, 4.69) is 12.1 Å². The molecule has 1 unspecified atom stereocenters. The van der Waals surface area contributed by atoms with E-state index in [1.165, 1.54) is 5.56 Å². The van der Waals surface area contributed by atoms with Crippen LogP contribution in [0, 0.1) is 0 Å². The molecule has 1 atom stereocenters. The first-order valence-electron chi connectivity index (χ1n) is 7.04. The second-order valence-corrected chi connectivity index (χ2v) is 5.01. The average molecular weight is 268 g/mol. The smallest absolute Gasteiger partial charge is 0.161 e. The number of carbonyl (C=O) groups excluding carboxylic acids is 1. The van der Waals surface area contributed by atoms with Crippen LogP contribution in [0.1, 0.15) is 24.0 Å². The molecular formula is C18H20O2. The molecule has 2 nitrogen and oxygen atoms in total. The van der Waals surface area contributed by atoms with Gasteiger partial charge in [-0.2, -0.15) is 0 Å². The minimum atomic E-state index is -0.881. The highest BCUT2D eigenvalue weighted by atomic mass is 16.3. The molecule has 0 saturated heterocycles. The van der Waals surface area contributed by atoms with Crippen LogP contribution in [0.3, 0.4) is 0 Å². The molecule has 0 aromatic heterocycles. The zero-order valence-corrected chi connectivity index (χ0v) is 11.5. The predicted octanol–water partition coefficient (Wildman–Crippen LogP) is 3.18. The first kappa shape index (κ1) is 14.5. The lowest BCUT2D eigenvalue weighted by Gasteiger charge is -2.09. The standard InChI is InChI=1S/C18H20O2/c19-17(13-7-12-15-8-3-1-4-9-15)18(20)14-16-10-5-2-6-11-16/h1-6,8-11,18,20H,7,12-14H2. The molecule has 0 bridgehead atoms. The topological polar surface area (TPSA) is 37.3 Å². The van der Waals surface area contributed by atoms with E-state index in [0.717, 1.165) is 18.4 Å². The van der Waals surface area contributed by atoms with Crippen LogP contribution in [0.2, 0.25) is 0 Å². The fourth-order valence-corrected chi connectivity index (χ4v) is 2.23. The van der Waals surface area contributed by atoms with Crippen molar-refractivity contribution in [3.05, 3.63) is 71.8 Å². The van der Waals surface area contributed by atoms with Crippen LogP contribution < -0.4 is 0 Å². The Morgan fingerprint density at radius 1 is 0.900 bits per heavy atom. The van der Waals surface area contributed by atoms with Crippen molar-refractivity contribution in [1.82, 2.24) is 0 Å². The third kappa shape index (κ3) is 4.63. The molecule has 104 valence electrons. The molecule has 1 N–H and O–H groups in total. The number of rotatable bonds is 7. The maximum atomic E-state index is 11.9. The quantitative estimate of drug-likeness (QED) is 0.837. The van der Waals surface area contributed by atoms with E-state index < -0.39 is 6.10 Å². The van der Waals surface area contributed by atoms with Crippen molar-refractivity contribution in [2.75, 3.05) is 0 Å². The van der Waals surface area contributed by atoms with Crippen LogP contribution in [-0.4, -0.2) is 17.0 Å². The molecule has 0 aliphatic heterocycles. The molecule has 2 rings (SSSR count). The lowest BCUT2D eigenvalue weighted by molar-refractivity contribution is -0.127. The Balaban J connectivity index is 1.74. The summed E-state index contributed by atoms with van der Waals surface area (Å²) in [5.74, 6) is -0.0650. The minimum absolute atomic E-state index is 0.0650. The van der Waals surface area contributed by atoms with Crippen molar-refractivity contribution in [2.45, 2.75) is 31.8 Å². The molecule has 0 saturated carbocycles. The number of aliphatic hydroxyl groups excluding tert-OH is 1. The Kier molecular flexibility index (Phi) is 5.51. The van der Waals surface area contributed by atoms with Gasteiger partial charge < -0.3 is 5.11 Å². The summed E-state index contributed by atoms with van der Waals surface area (Å²) in [7, 11) is 0. The lowest BCUT2D eigenvalue weighted by Crippen LogP contribution is -2.22. The third-order valence-electron chi connectivity index (χ3n) is 3.37. The zero-order valence-electron chi connectivity index (χ0n) is 11.5. The number of ketones is 1. The van der Waals surface area contributed by atoms with Gasteiger partial charge in [0.25, 0.3) is 0 Å². The maximum absolute atomic E-state index is 11.9. The summed E-state index contributed by atoms with van der Waals surface area (Å²) in [6.07, 6.45) is 1.63. The van der Waals surface area contributed by atoms with Gasteiger partial charge in [0.15, 0.2) is 5.78 Å². The summed E-state index contributed by atoms with van der Waals surface area (Å²) in [6.45, 7) is 0. The molecule has 2 heteroatoms. The molecular weight excluding hydrogens is 248 g/mol. The van der Waals surface area contributed by atoms with Crippen molar-refractivity contribution < 1.29 is 9.90 Å². The van der Waals surface area contributed by atoms with Gasteiger partial charge in [0.05, 0.1) is 0 Å². The first-order valence-corrected chi connectivity index (χ1v) is 7.04. The van der Waals surface area contributed by atoms with Crippen LogP contribution in [0.25, 0.3) is 0 Å². The number of hydrogen-bond acceptors (Lipinski definition) is 2. The second-order valence-electron chi connectivity index (χ2n) is 5.01. The molecule has 0 heterocycles. The zero-order chi connectivity index (χ0) is 14.2. The fraction of sp³-hybridized carbons (Fsp3) is 0.278. The highest BCUT2D eigenvalue weighted by molar-refractivity contribution is 5.83. The van der Waals surface area contributed by atoms with Gasteiger partial charge >= 0.3 is 0 Å². The Labute approximate surface area is 120 Å².